The van der Waals surface area contributed by atoms with Crippen molar-refractivity contribution in [1.82, 2.24) is 4.98 Å². The number of rotatable bonds is 4. The number of benzene rings is 1. The lowest BCUT2D eigenvalue weighted by molar-refractivity contribution is -0.384. The summed E-state index contributed by atoms with van der Waals surface area (Å²) in [7, 11) is 0. The molecule has 6 nitrogen and oxygen atoms in total. The summed E-state index contributed by atoms with van der Waals surface area (Å²) in [6.45, 7) is 0. The number of hydrogen-bond acceptors (Lipinski definition) is 4. The standard InChI is InChI=1S/C13H10N2O4/c16-13(17)12-10(2-1-7-14-12)8-9-3-5-11(6-4-9)15(18)19/h1-7H,8H2,(H,16,17). The van der Waals surface area contributed by atoms with E-state index in [1.54, 1.807) is 24.3 Å². The molecule has 0 aliphatic carbocycles. The van der Waals surface area contributed by atoms with Gasteiger partial charge < -0.3 is 5.11 Å². The maximum atomic E-state index is 11.0. The van der Waals surface area contributed by atoms with Crippen LogP contribution in [0.25, 0.3) is 0 Å². The second-order valence-electron chi connectivity index (χ2n) is 3.92. The SMILES string of the molecule is O=C(O)c1ncccc1Cc1ccc([N+](=O)[O-])cc1. The Morgan fingerprint density at radius 1 is 1.26 bits per heavy atom. The summed E-state index contributed by atoms with van der Waals surface area (Å²) in [5.41, 5.74) is 1.37. The molecule has 0 amide bonds. The highest BCUT2D eigenvalue weighted by Gasteiger charge is 2.12. The zero-order valence-corrected chi connectivity index (χ0v) is 9.81. The number of nitro benzene ring substituents is 1. The molecule has 1 aromatic carbocycles. The highest BCUT2D eigenvalue weighted by atomic mass is 16.6. The Kier molecular flexibility index (Phi) is 3.51. The van der Waals surface area contributed by atoms with Crippen LogP contribution in [0.3, 0.4) is 0 Å². The Labute approximate surface area is 108 Å². The number of aromatic carboxylic acids is 1. The fourth-order valence-electron chi connectivity index (χ4n) is 1.73. The molecule has 0 radical (unpaired) electrons. The van der Waals surface area contributed by atoms with E-state index < -0.39 is 10.9 Å². The molecule has 0 spiro atoms. The molecule has 0 saturated heterocycles. The van der Waals surface area contributed by atoms with Gasteiger partial charge in [-0.25, -0.2) is 9.78 Å². The smallest absolute Gasteiger partial charge is 0.354 e. The van der Waals surface area contributed by atoms with Gasteiger partial charge >= 0.3 is 5.97 Å². The molecule has 2 rings (SSSR count). The highest BCUT2D eigenvalue weighted by Crippen LogP contribution is 2.16. The van der Waals surface area contributed by atoms with Crippen LogP contribution in [0.5, 0.6) is 0 Å². The van der Waals surface area contributed by atoms with Crippen LogP contribution < -0.4 is 0 Å². The maximum absolute atomic E-state index is 11.0. The third-order valence-electron chi connectivity index (χ3n) is 2.64. The molecule has 2 aromatic rings. The van der Waals surface area contributed by atoms with Gasteiger partial charge in [0.05, 0.1) is 4.92 Å². The van der Waals surface area contributed by atoms with Gasteiger partial charge in [-0.15, -0.1) is 0 Å². The van der Waals surface area contributed by atoms with Crippen LogP contribution in [0.15, 0.2) is 42.6 Å². The van der Waals surface area contributed by atoms with Crippen molar-refractivity contribution < 1.29 is 14.8 Å². The number of pyridine rings is 1. The van der Waals surface area contributed by atoms with E-state index >= 15 is 0 Å². The zero-order chi connectivity index (χ0) is 13.8. The molecule has 0 aliphatic rings. The van der Waals surface area contributed by atoms with Gasteiger partial charge in [-0.2, -0.15) is 0 Å². The molecule has 0 bridgehead atoms. The molecule has 1 heterocycles. The van der Waals surface area contributed by atoms with Gasteiger partial charge in [0.25, 0.3) is 5.69 Å². The zero-order valence-electron chi connectivity index (χ0n) is 9.81. The molecular formula is C13H10N2O4. The Morgan fingerprint density at radius 2 is 1.95 bits per heavy atom. The molecule has 0 atom stereocenters. The van der Waals surface area contributed by atoms with Crippen molar-refractivity contribution in [3.8, 4) is 0 Å². The summed E-state index contributed by atoms with van der Waals surface area (Å²) >= 11 is 0. The molecule has 6 heteroatoms. The average molecular weight is 258 g/mol. The molecule has 0 saturated carbocycles. The van der Waals surface area contributed by atoms with Gasteiger partial charge in [0.1, 0.15) is 0 Å². The van der Waals surface area contributed by atoms with E-state index in [1.807, 2.05) is 0 Å². The average Bonchev–Trinajstić information content (AvgIpc) is 2.39. The quantitative estimate of drug-likeness (QED) is 0.670. The Hall–Kier alpha value is -2.76. The molecule has 1 N–H and O–H groups in total. The lowest BCUT2D eigenvalue weighted by Gasteiger charge is -2.04. The second-order valence-corrected chi connectivity index (χ2v) is 3.92. The molecule has 0 aliphatic heterocycles. The van der Waals surface area contributed by atoms with Crippen LogP contribution in [0.2, 0.25) is 0 Å². The minimum atomic E-state index is -1.09. The fraction of sp³-hybridized carbons (Fsp3) is 0.0769. The number of nitrogens with zero attached hydrogens (tertiary/aromatic N) is 2. The normalized spacial score (nSPS) is 10.1. The van der Waals surface area contributed by atoms with E-state index in [1.165, 1.54) is 18.3 Å². The number of non-ortho nitro benzene ring substituents is 1. The van der Waals surface area contributed by atoms with Crippen molar-refractivity contribution in [3.63, 3.8) is 0 Å². The summed E-state index contributed by atoms with van der Waals surface area (Å²) < 4.78 is 0. The van der Waals surface area contributed by atoms with E-state index in [2.05, 4.69) is 4.98 Å². The van der Waals surface area contributed by atoms with Crippen LogP contribution in [0, 0.1) is 10.1 Å². The summed E-state index contributed by atoms with van der Waals surface area (Å²) in [5, 5.41) is 19.5. The van der Waals surface area contributed by atoms with Gasteiger partial charge in [-0.05, 0) is 23.6 Å². The largest absolute Gasteiger partial charge is 0.477 e. The van der Waals surface area contributed by atoms with Crippen molar-refractivity contribution in [2.45, 2.75) is 6.42 Å². The summed E-state index contributed by atoms with van der Waals surface area (Å²) in [5.74, 6) is -1.09. The summed E-state index contributed by atoms with van der Waals surface area (Å²) in [6, 6.07) is 9.34. The number of carbonyl (C=O) groups is 1. The topological polar surface area (TPSA) is 93.3 Å². The molecule has 1 aromatic heterocycles. The lowest BCUT2D eigenvalue weighted by atomic mass is 10.0. The van der Waals surface area contributed by atoms with Crippen molar-refractivity contribution >= 4 is 11.7 Å². The first-order chi connectivity index (χ1) is 9.08. The Bertz CT molecular complexity index is 623. The molecule has 96 valence electrons. The van der Waals surface area contributed by atoms with Gasteiger partial charge in [-0.3, -0.25) is 10.1 Å². The van der Waals surface area contributed by atoms with Crippen molar-refractivity contribution in [2.24, 2.45) is 0 Å². The van der Waals surface area contributed by atoms with Gasteiger partial charge in [0.2, 0.25) is 0 Å². The maximum Gasteiger partial charge on any atom is 0.354 e. The summed E-state index contributed by atoms with van der Waals surface area (Å²) in [6.07, 6.45) is 1.79. The molecule has 19 heavy (non-hydrogen) atoms. The van der Waals surface area contributed by atoms with Crippen molar-refractivity contribution in [1.29, 1.82) is 0 Å². The van der Waals surface area contributed by atoms with Crippen LogP contribution in [-0.2, 0) is 6.42 Å². The predicted molar refractivity (Wildman–Crippen MR) is 67.1 cm³/mol. The Balaban J connectivity index is 2.26. The van der Waals surface area contributed by atoms with Crippen molar-refractivity contribution in [2.75, 3.05) is 0 Å². The highest BCUT2D eigenvalue weighted by molar-refractivity contribution is 5.87. The minimum Gasteiger partial charge on any atom is -0.477 e. The van der Waals surface area contributed by atoms with Gasteiger partial charge in [0.15, 0.2) is 5.69 Å². The lowest BCUT2D eigenvalue weighted by Crippen LogP contribution is -2.05. The summed E-state index contributed by atoms with van der Waals surface area (Å²) in [4.78, 5) is 24.9. The first-order valence-corrected chi connectivity index (χ1v) is 5.48. The first kappa shape index (κ1) is 12.7. The number of carboxylic acid groups (broad SMARTS) is 1. The monoisotopic (exact) mass is 258 g/mol. The van der Waals surface area contributed by atoms with E-state index in [-0.39, 0.29) is 11.4 Å². The fourth-order valence-corrected chi connectivity index (χ4v) is 1.73. The first-order valence-electron chi connectivity index (χ1n) is 5.48. The van der Waals surface area contributed by atoms with E-state index in [4.69, 9.17) is 5.11 Å². The predicted octanol–water partition coefficient (Wildman–Crippen LogP) is 2.28. The van der Waals surface area contributed by atoms with Crippen LogP contribution in [0.4, 0.5) is 5.69 Å². The third kappa shape index (κ3) is 2.92. The molecule has 0 unspecified atom stereocenters. The third-order valence-corrected chi connectivity index (χ3v) is 2.64. The van der Waals surface area contributed by atoms with Gasteiger partial charge in [0, 0.05) is 18.3 Å². The van der Waals surface area contributed by atoms with Crippen LogP contribution in [0.1, 0.15) is 21.6 Å². The van der Waals surface area contributed by atoms with Crippen LogP contribution in [-0.4, -0.2) is 21.0 Å². The minimum absolute atomic E-state index is 0.000790. The van der Waals surface area contributed by atoms with E-state index in [9.17, 15) is 14.9 Å². The Morgan fingerprint density at radius 3 is 2.53 bits per heavy atom. The number of aromatic nitrogens is 1. The number of hydrogen-bond donors (Lipinski definition) is 1. The molecule has 0 fully saturated rings. The van der Waals surface area contributed by atoms with Crippen LogP contribution >= 0.6 is 0 Å². The van der Waals surface area contributed by atoms with Crippen molar-refractivity contribution in [3.05, 3.63) is 69.5 Å². The number of nitro groups is 1. The van der Waals surface area contributed by atoms with E-state index in [0.717, 1.165) is 5.56 Å². The molecular weight excluding hydrogens is 248 g/mol. The van der Waals surface area contributed by atoms with Gasteiger partial charge in [-0.1, -0.05) is 18.2 Å². The van der Waals surface area contributed by atoms with E-state index in [0.29, 0.717) is 12.0 Å². The second kappa shape index (κ2) is 5.26. The number of carboxylic acids is 1.